The summed E-state index contributed by atoms with van der Waals surface area (Å²) in [5, 5.41) is 43.6. The van der Waals surface area contributed by atoms with E-state index in [4.69, 9.17) is 0 Å². The zero-order valence-electron chi connectivity index (χ0n) is 15.3. The van der Waals surface area contributed by atoms with Crippen molar-refractivity contribution in [3.63, 3.8) is 0 Å². The number of aliphatic hydroxyl groups excluding tert-OH is 1. The summed E-state index contributed by atoms with van der Waals surface area (Å²) in [7, 11) is 0. The second kappa shape index (κ2) is 10.2. The standard InChI is InChI=1S/C20H24N2O6/c23-12-13(22-20(28)15-8-5-10-17(25)18(15)26)6-3-4-11-21-19(27)14-7-1-2-9-16(14)24/h1-2,5,7-10,13,23-26H,3-4,6,11-12H2,(H,21,27)(H,22,28). The molecule has 2 amide bonds. The second-order valence-electron chi connectivity index (χ2n) is 6.30. The van der Waals surface area contributed by atoms with Crippen LogP contribution in [0.4, 0.5) is 0 Å². The summed E-state index contributed by atoms with van der Waals surface area (Å²) >= 11 is 0. The highest BCUT2D eigenvalue weighted by atomic mass is 16.3. The third-order valence-corrected chi connectivity index (χ3v) is 4.23. The molecule has 0 radical (unpaired) electrons. The molecule has 1 unspecified atom stereocenters. The molecule has 0 aromatic heterocycles. The van der Waals surface area contributed by atoms with Crippen molar-refractivity contribution in [2.24, 2.45) is 0 Å². The average Bonchev–Trinajstić information content (AvgIpc) is 2.68. The topological polar surface area (TPSA) is 139 Å². The Hall–Kier alpha value is -3.26. The van der Waals surface area contributed by atoms with Gasteiger partial charge in [-0.15, -0.1) is 0 Å². The van der Waals surface area contributed by atoms with E-state index < -0.39 is 23.4 Å². The minimum Gasteiger partial charge on any atom is -0.507 e. The largest absolute Gasteiger partial charge is 0.507 e. The van der Waals surface area contributed by atoms with Crippen LogP contribution >= 0.6 is 0 Å². The molecule has 2 aromatic rings. The number of hydrogen-bond acceptors (Lipinski definition) is 6. The van der Waals surface area contributed by atoms with E-state index in [9.17, 15) is 30.0 Å². The number of aliphatic hydroxyl groups is 1. The van der Waals surface area contributed by atoms with Crippen LogP contribution in [0.3, 0.4) is 0 Å². The Morgan fingerprint density at radius 2 is 1.54 bits per heavy atom. The summed E-state index contributed by atoms with van der Waals surface area (Å²) in [6.45, 7) is 0.0994. The third kappa shape index (κ3) is 5.62. The molecular weight excluding hydrogens is 364 g/mol. The number of amides is 2. The maximum Gasteiger partial charge on any atom is 0.255 e. The van der Waals surface area contributed by atoms with Crippen molar-refractivity contribution in [2.75, 3.05) is 13.2 Å². The number of rotatable bonds is 9. The van der Waals surface area contributed by atoms with Crippen LogP contribution in [0, 0.1) is 0 Å². The molecular formula is C20H24N2O6. The molecule has 0 saturated heterocycles. The molecule has 8 nitrogen and oxygen atoms in total. The number of phenolic OH excluding ortho intramolecular Hbond substituents is 3. The summed E-state index contributed by atoms with van der Waals surface area (Å²) in [4.78, 5) is 24.1. The van der Waals surface area contributed by atoms with Gasteiger partial charge in [0.1, 0.15) is 5.75 Å². The minimum atomic E-state index is -0.597. The first-order valence-corrected chi connectivity index (χ1v) is 8.93. The van der Waals surface area contributed by atoms with Crippen molar-refractivity contribution >= 4 is 11.8 Å². The second-order valence-corrected chi connectivity index (χ2v) is 6.30. The number of phenols is 3. The molecule has 0 heterocycles. The zero-order valence-corrected chi connectivity index (χ0v) is 15.3. The predicted octanol–water partition coefficient (Wildman–Crippen LogP) is 1.49. The summed E-state index contributed by atoms with van der Waals surface area (Å²) in [6.07, 6.45) is 1.70. The van der Waals surface area contributed by atoms with E-state index in [2.05, 4.69) is 10.6 Å². The predicted molar refractivity (Wildman–Crippen MR) is 102 cm³/mol. The van der Waals surface area contributed by atoms with E-state index in [0.717, 1.165) is 0 Å². The van der Waals surface area contributed by atoms with Crippen molar-refractivity contribution in [3.8, 4) is 17.2 Å². The first-order chi connectivity index (χ1) is 13.4. The van der Waals surface area contributed by atoms with E-state index >= 15 is 0 Å². The molecule has 0 saturated carbocycles. The van der Waals surface area contributed by atoms with Gasteiger partial charge in [-0.05, 0) is 43.5 Å². The third-order valence-electron chi connectivity index (χ3n) is 4.23. The SMILES string of the molecule is O=C(NCCCCC(CO)NC(=O)c1cccc(O)c1O)c1ccccc1O. The van der Waals surface area contributed by atoms with Gasteiger partial charge in [0.25, 0.3) is 11.8 Å². The van der Waals surface area contributed by atoms with Crippen LogP contribution in [0.5, 0.6) is 17.2 Å². The monoisotopic (exact) mass is 388 g/mol. The summed E-state index contributed by atoms with van der Waals surface area (Å²) in [5.74, 6) is -1.96. The maximum atomic E-state index is 12.2. The Bertz CT molecular complexity index is 824. The van der Waals surface area contributed by atoms with Gasteiger partial charge in [0, 0.05) is 6.54 Å². The van der Waals surface area contributed by atoms with E-state index in [1.54, 1.807) is 12.1 Å². The van der Waals surface area contributed by atoms with Gasteiger partial charge in [0.15, 0.2) is 11.5 Å². The molecule has 2 aromatic carbocycles. The normalized spacial score (nSPS) is 11.6. The van der Waals surface area contributed by atoms with Crippen LogP contribution in [0.15, 0.2) is 42.5 Å². The van der Waals surface area contributed by atoms with Crippen LogP contribution in [-0.4, -0.2) is 51.4 Å². The van der Waals surface area contributed by atoms with Gasteiger partial charge in [0.2, 0.25) is 0 Å². The number of para-hydroxylation sites is 2. The molecule has 6 N–H and O–H groups in total. The lowest BCUT2D eigenvalue weighted by Gasteiger charge is -2.17. The maximum absolute atomic E-state index is 12.2. The fourth-order valence-corrected chi connectivity index (χ4v) is 2.67. The van der Waals surface area contributed by atoms with Crippen LogP contribution in [0.25, 0.3) is 0 Å². The summed E-state index contributed by atoms with van der Waals surface area (Å²) < 4.78 is 0. The molecule has 150 valence electrons. The quantitative estimate of drug-likeness (QED) is 0.284. The molecule has 1 atom stereocenters. The Labute approximate surface area is 162 Å². The highest BCUT2D eigenvalue weighted by Gasteiger charge is 2.17. The summed E-state index contributed by atoms with van der Waals surface area (Å²) in [6, 6.07) is 9.80. The molecule has 2 rings (SSSR count). The van der Waals surface area contributed by atoms with Crippen molar-refractivity contribution in [2.45, 2.75) is 25.3 Å². The number of nitrogens with one attached hydrogen (secondary N) is 2. The van der Waals surface area contributed by atoms with Gasteiger partial charge in [-0.2, -0.15) is 0 Å². The van der Waals surface area contributed by atoms with Crippen molar-refractivity contribution < 1.29 is 30.0 Å². The lowest BCUT2D eigenvalue weighted by molar-refractivity contribution is 0.0908. The first-order valence-electron chi connectivity index (χ1n) is 8.93. The van der Waals surface area contributed by atoms with E-state index in [-0.39, 0.29) is 29.4 Å². The highest BCUT2D eigenvalue weighted by molar-refractivity contribution is 5.98. The molecule has 0 fully saturated rings. The molecule has 0 aliphatic heterocycles. The number of hydrogen-bond donors (Lipinski definition) is 6. The molecule has 0 spiro atoms. The number of aromatic hydroxyl groups is 3. The minimum absolute atomic E-state index is 0.0756. The number of carbonyl (C=O) groups is 2. The van der Waals surface area contributed by atoms with E-state index in [0.29, 0.717) is 25.8 Å². The van der Waals surface area contributed by atoms with Gasteiger partial charge >= 0.3 is 0 Å². The molecule has 0 aliphatic carbocycles. The number of unbranched alkanes of at least 4 members (excludes halogenated alkanes) is 1. The fraction of sp³-hybridized carbons (Fsp3) is 0.300. The van der Waals surface area contributed by atoms with Crippen molar-refractivity contribution in [1.82, 2.24) is 10.6 Å². The Kier molecular flexibility index (Phi) is 7.65. The number of benzene rings is 2. The average molecular weight is 388 g/mol. The fourth-order valence-electron chi connectivity index (χ4n) is 2.67. The van der Waals surface area contributed by atoms with E-state index in [1.807, 2.05) is 0 Å². The Morgan fingerprint density at radius 3 is 2.25 bits per heavy atom. The van der Waals surface area contributed by atoms with Crippen LogP contribution in [0.2, 0.25) is 0 Å². The number of carbonyl (C=O) groups excluding carboxylic acids is 2. The first kappa shape index (κ1) is 21.0. The molecule has 0 bridgehead atoms. The van der Waals surface area contributed by atoms with E-state index in [1.165, 1.54) is 30.3 Å². The van der Waals surface area contributed by atoms with Gasteiger partial charge < -0.3 is 31.1 Å². The highest BCUT2D eigenvalue weighted by Crippen LogP contribution is 2.28. The van der Waals surface area contributed by atoms with Gasteiger partial charge in [-0.25, -0.2) is 0 Å². The molecule has 0 aliphatic rings. The Balaban J connectivity index is 1.75. The molecule has 28 heavy (non-hydrogen) atoms. The van der Waals surface area contributed by atoms with Crippen LogP contribution in [0.1, 0.15) is 40.0 Å². The summed E-state index contributed by atoms with van der Waals surface area (Å²) in [5.41, 5.74) is 0.127. The van der Waals surface area contributed by atoms with Gasteiger partial charge in [-0.1, -0.05) is 18.2 Å². The van der Waals surface area contributed by atoms with Gasteiger partial charge in [0.05, 0.1) is 23.8 Å². The lowest BCUT2D eigenvalue weighted by atomic mass is 10.1. The van der Waals surface area contributed by atoms with Crippen molar-refractivity contribution in [1.29, 1.82) is 0 Å². The van der Waals surface area contributed by atoms with Crippen LogP contribution in [-0.2, 0) is 0 Å². The van der Waals surface area contributed by atoms with Crippen LogP contribution < -0.4 is 10.6 Å². The van der Waals surface area contributed by atoms with Gasteiger partial charge in [-0.3, -0.25) is 9.59 Å². The Morgan fingerprint density at radius 1 is 0.857 bits per heavy atom. The molecule has 8 heteroatoms. The van der Waals surface area contributed by atoms with Crippen molar-refractivity contribution in [3.05, 3.63) is 53.6 Å². The smallest absolute Gasteiger partial charge is 0.255 e. The zero-order chi connectivity index (χ0) is 20.5. The lowest BCUT2D eigenvalue weighted by Crippen LogP contribution is -2.37.